The highest BCUT2D eigenvalue weighted by atomic mass is 32.3. The number of nitrogens with one attached hydrogen (secondary N) is 1. The third-order valence-electron chi connectivity index (χ3n) is 13.4. The van der Waals surface area contributed by atoms with Crippen LogP contribution in [-0.4, -0.2) is 107 Å². The zero-order chi connectivity index (χ0) is 49.9. The second-order valence-electron chi connectivity index (χ2n) is 19.7. The third-order valence-corrected chi connectivity index (χ3v) is 13.9. The molecular formula is C54H103NO12S. The van der Waals surface area contributed by atoms with Gasteiger partial charge in [0.1, 0.15) is 30.5 Å². The Labute approximate surface area is 415 Å². The molecule has 13 nitrogen and oxygen atoms in total. The molecule has 1 saturated heterocycles. The quantitative estimate of drug-likeness (QED) is 0.0172. The van der Waals surface area contributed by atoms with E-state index in [1.807, 2.05) is 0 Å². The monoisotopic (exact) mass is 990 g/mol. The highest BCUT2D eigenvalue weighted by Gasteiger charge is 2.48. The minimum absolute atomic E-state index is 0.255. The largest absolute Gasteiger partial charge is 0.397 e. The Morgan fingerprint density at radius 2 is 0.971 bits per heavy atom. The fourth-order valence-electron chi connectivity index (χ4n) is 8.99. The Morgan fingerprint density at radius 1 is 0.588 bits per heavy atom. The Balaban J connectivity index is 2.44. The number of aliphatic hydroxyl groups excluding tert-OH is 5. The smallest absolute Gasteiger partial charge is 0.394 e. The molecule has 0 radical (unpaired) electrons. The summed E-state index contributed by atoms with van der Waals surface area (Å²) >= 11 is 0. The van der Waals surface area contributed by atoms with Crippen LogP contribution in [0.1, 0.15) is 251 Å². The Bertz CT molecular complexity index is 1320. The van der Waals surface area contributed by atoms with E-state index in [0.29, 0.717) is 19.3 Å². The molecule has 402 valence electrons. The van der Waals surface area contributed by atoms with E-state index in [2.05, 4.69) is 47.7 Å². The zero-order valence-electron chi connectivity index (χ0n) is 43.0. The lowest BCUT2D eigenvalue weighted by molar-refractivity contribution is -0.298. The second-order valence-corrected chi connectivity index (χ2v) is 20.7. The van der Waals surface area contributed by atoms with Gasteiger partial charge in [0.25, 0.3) is 0 Å². The molecule has 1 fully saturated rings. The van der Waals surface area contributed by atoms with E-state index < -0.39 is 78.5 Å². The van der Waals surface area contributed by atoms with Crippen LogP contribution in [0, 0.1) is 0 Å². The van der Waals surface area contributed by atoms with Crippen LogP contribution >= 0.6 is 0 Å². The van der Waals surface area contributed by atoms with Crippen molar-refractivity contribution in [3.05, 3.63) is 24.3 Å². The van der Waals surface area contributed by atoms with Gasteiger partial charge in [0.05, 0.1) is 25.4 Å². The standard InChI is InChI=1S/C54H103NO12S/c1-3-5-7-9-11-13-15-17-19-21-23-24-25-27-28-30-32-34-36-38-40-42-47(57)46(45-65-54-51(60)52(67-68(62,63)64)50(59)49(44-56)66-54)55-53(61)48(58)43-41-39-37-35-33-31-29-26-22-20-18-16-14-12-10-8-6-4-2/h12,14,16,18,46-52,54,56-60H,3-11,13,15,17,19-45H2,1-2H3,(H,55,61)(H,62,63,64)/b14-12-,18-16-. The molecule has 0 bridgehead atoms. The number of carbonyl (C=O) groups is 1. The van der Waals surface area contributed by atoms with Crippen molar-refractivity contribution in [2.24, 2.45) is 0 Å². The summed E-state index contributed by atoms with van der Waals surface area (Å²) in [7, 11) is -5.11. The van der Waals surface area contributed by atoms with Crippen molar-refractivity contribution in [3.8, 4) is 0 Å². The predicted molar refractivity (Wildman–Crippen MR) is 275 cm³/mol. The van der Waals surface area contributed by atoms with Gasteiger partial charge in [0.2, 0.25) is 5.91 Å². The summed E-state index contributed by atoms with van der Waals surface area (Å²) in [4.78, 5) is 13.2. The zero-order valence-corrected chi connectivity index (χ0v) is 43.9. The summed E-state index contributed by atoms with van der Waals surface area (Å²) in [5.41, 5.74) is 0. The number of ether oxygens (including phenoxy) is 2. The van der Waals surface area contributed by atoms with E-state index in [1.54, 1.807) is 0 Å². The molecule has 0 aliphatic carbocycles. The molecule has 1 amide bonds. The first-order valence-electron chi connectivity index (χ1n) is 27.8. The van der Waals surface area contributed by atoms with Crippen LogP contribution in [0.3, 0.4) is 0 Å². The van der Waals surface area contributed by atoms with Crippen molar-refractivity contribution in [1.29, 1.82) is 0 Å². The minimum atomic E-state index is -5.11. The predicted octanol–water partition coefficient (Wildman–Crippen LogP) is 11.4. The molecule has 0 aromatic heterocycles. The van der Waals surface area contributed by atoms with E-state index in [9.17, 15) is 43.3 Å². The van der Waals surface area contributed by atoms with Gasteiger partial charge < -0.3 is 40.3 Å². The summed E-state index contributed by atoms with van der Waals surface area (Å²) in [5, 5.41) is 55.7. The average molecular weight is 990 g/mol. The summed E-state index contributed by atoms with van der Waals surface area (Å²) in [6, 6.07) is -1.04. The van der Waals surface area contributed by atoms with Gasteiger partial charge in [-0.15, -0.1) is 0 Å². The molecule has 8 unspecified atom stereocenters. The lowest BCUT2D eigenvalue weighted by Crippen LogP contribution is -2.61. The highest BCUT2D eigenvalue weighted by molar-refractivity contribution is 7.80. The molecule has 0 saturated carbocycles. The molecule has 7 N–H and O–H groups in total. The van der Waals surface area contributed by atoms with Gasteiger partial charge in [0, 0.05) is 0 Å². The van der Waals surface area contributed by atoms with E-state index in [1.165, 1.54) is 161 Å². The fraction of sp³-hybridized carbons (Fsp3) is 0.907. The van der Waals surface area contributed by atoms with E-state index in [-0.39, 0.29) is 6.42 Å². The molecule has 1 aliphatic heterocycles. The van der Waals surface area contributed by atoms with Gasteiger partial charge in [-0.05, 0) is 38.5 Å². The SMILES string of the molecule is CCCCC/C=C\C=C/CCCCCCCCCCCC(O)C(=O)NC(COC1OC(CO)C(O)C(OS(=O)(=O)O)C1O)C(O)CCCCCCCCCCCCCCCCCCCCCCC. The summed E-state index contributed by atoms with van der Waals surface area (Å²) in [6.45, 7) is 3.29. The first-order valence-corrected chi connectivity index (χ1v) is 29.2. The number of hydrogen-bond donors (Lipinski definition) is 7. The number of hydrogen-bond acceptors (Lipinski definition) is 11. The van der Waals surface area contributed by atoms with Crippen LogP contribution in [0.5, 0.6) is 0 Å². The molecule has 1 heterocycles. The first kappa shape index (κ1) is 64.6. The number of rotatable bonds is 48. The fourth-order valence-corrected chi connectivity index (χ4v) is 9.50. The highest BCUT2D eigenvalue weighted by Crippen LogP contribution is 2.26. The lowest BCUT2D eigenvalue weighted by Gasteiger charge is -2.41. The molecule has 1 aliphatic rings. The van der Waals surface area contributed by atoms with Gasteiger partial charge in [-0.2, -0.15) is 8.42 Å². The van der Waals surface area contributed by atoms with Crippen molar-refractivity contribution >= 4 is 16.3 Å². The number of allylic oxidation sites excluding steroid dienone is 4. The second kappa shape index (κ2) is 44.3. The topological polar surface area (TPSA) is 212 Å². The number of carbonyl (C=O) groups excluding carboxylic acids is 1. The maximum absolute atomic E-state index is 13.2. The van der Waals surface area contributed by atoms with Crippen molar-refractivity contribution in [3.63, 3.8) is 0 Å². The minimum Gasteiger partial charge on any atom is -0.394 e. The molecule has 0 aromatic carbocycles. The Kier molecular flexibility index (Phi) is 42.0. The Morgan fingerprint density at radius 3 is 1.40 bits per heavy atom. The van der Waals surface area contributed by atoms with Crippen LogP contribution in [0.15, 0.2) is 24.3 Å². The number of aliphatic hydroxyl groups is 5. The summed E-state index contributed by atoms with van der Waals surface area (Å²) < 4.78 is 47.8. The normalized spacial score (nSPS) is 20.4. The Hall–Kier alpha value is -1.46. The average Bonchev–Trinajstić information content (AvgIpc) is 3.31. The van der Waals surface area contributed by atoms with Gasteiger partial charge >= 0.3 is 10.4 Å². The van der Waals surface area contributed by atoms with Gasteiger partial charge in [-0.1, -0.05) is 237 Å². The van der Waals surface area contributed by atoms with Crippen molar-refractivity contribution in [1.82, 2.24) is 5.32 Å². The van der Waals surface area contributed by atoms with Crippen LogP contribution in [-0.2, 0) is 28.9 Å². The third kappa shape index (κ3) is 35.6. The molecule has 8 atom stereocenters. The molecular weight excluding hydrogens is 887 g/mol. The lowest BCUT2D eigenvalue weighted by atomic mass is 9.99. The summed E-state index contributed by atoms with van der Waals surface area (Å²) in [6.07, 6.45) is 40.6. The number of unbranched alkanes of at least 4 members (excludes halogenated alkanes) is 32. The van der Waals surface area contributed by atoms with Crippen LogP contribution in [0.25, 0.3) is 0 Å². The molecule has 0 spiro atoms. The maximum Gasteiger partial charge on any atom is 0.397 e. The van der Waals surface area contributed by atoms with Crippen molar-refractivity contribution in [2.75, 3.05) is 13.2 Å². The molecule has 0 aromatic rings. The van der Waals surface area contributed by atoms with Gasteiger partial charge in [0.15, 0.2) is 6.29 Å². The number of amides is 1. The molecule has 14 heteroatoms. The van der Waals surface area contributed by atoms with Crippen LogP contribution in [0.4, 0.5) is 0 Å². The van der Waals surface area contributed by atoms with Crippen LogP contribution < -0.4 is 5.32 Å². The van der Waals surface area contributed by atoms with Gasteiger partial charge in [-0.3, -0.25) is 9.35 Å². The van der Waals surface area contributed by atoms with Crippen molar-refractivity contribution in [2.45, 2.75) is 300 Å². The molecule has 68 heavy (non-hydrogen) atoms. The van der Waals surface area contributed by atoms with Crippen LogP contribution in [0.2, 0.25) is 0 Å². The van der Waals surface area contributed by atoms with Crippen molar-refractivity contribution < 1.29 is 57.0 Å². The van der Waals surface area contributed by atoms with Gasteiger partial charge in [-0.25, -0.2) is 4.18 Å². The first-order chi connectivity index (χ1) is 32.9. The maximum atomic E-state index is 13.2. The van der Waals surface area contributed by atoms with E-state index in [4.69, 9.17) is 9.47 Å². The van der Waals surface area contributed by atoms with E-state index in [0.717, 1.165) is 51.4 Å². The summed E-state index contributed by atoms with van der Waals surface area (Å²) in [5.74, 6) is -0.671. The molecule has 1 rings (SSSR count). The van der Waals surface area contributed by atoms with E-state index >= 15 is 0 Å².